The van der Waals surface area contributed by atoms with Crippen molar-refractivity contribution >= 4 is 28.3 Å². The predicted molar refractivity (Wildman–Crippen MR) is 131 cm³/mol. The normalized spacial score (nSPS) is 22.8. The van der Waals surface area contributed by atoms with Gasteiger partial charge in [-0.15, -0.1) is 11.3 Å². The number of hydrogen-bond acceptors (Lipinski definition) is 6. The number of carbonyl (C=O) groups is 2. The van der Waals surface area contributed by atoms with Crippen LogP contribution in [0.25, 0.3) is 0 Å². The molecule has 37 heavy (non-hydrogen) atoms. The van der Waals surface area contributed by atoms with Gasteiger partial charge in [0.1, 0.15) is 5.82 Å². The third-order valence-corrected chi connectivity index (χ3v) is 8.04. The molecule has 1 saturated carbocycles. The lowest BCUT2D eigenvalue weighted by Crippen LogP contribution is -2.46. The summed E-state index contributed by atoms with van der Waals surface area (Å²) in [6.07, 6.45) is -1.22. The van der Waals surface area contributed by atoms with Gasteiger partial charge in [-0.05, 0) is 62.9 Å². The maximum atomic E-state index is 13.9. The second-order valence-electron chi connectivity index (χ2n) is 9.74. The first-order valence-electron chi connectivity index (χ1n) is 12.2. The molecule has 4 rings (SSSR count). The van der Waals surface area contributed by atoms with Gasteiger partial charge in [-0.2, -0.15) is 13.2 Å². The Morgan fingerprint density at radius 2 is 1.92 bits per heavy atom. The second-order valence-corrected chi connectivity index (χ2v) is 10.6. The van der Waals surface area contributed by atoms with Crippen molar-refractivity contribution in [3.8, 4) is 0 Å². The number of anilines is 1. The molecule has 2 aliphatic rings. The Bertz CT molecular complexity index is 1140. The number of nitrogens with one attached hydrogen (secondary N) is 2. The number of amides is 2. The lowest BCUT2D eigenvalue weighted by Gasteiger charge is -2.36. The van der Waals surface area contributed by atoms with Crippen molar-refractivity contribution in [1.82, 2.24) is 15.2 Å². The summed E-state index contributed by atoms with van der Waals surface area (Å²) >= 11 is 1.21. The van der Waals surface area contributed by atoms with Crippen LogP contribution in [0.4, 0.5) is 22.7 Å². The molecular formula is C25H30F4N4O3S. The molecule has 0 bridgehead atoms. The van der Waals surface area contributed by atoms with E-state index in [1.807, 2.05) is 7.05 Å². The summed E-state index contributed by atoms with van der Waals surface area (Å²) < 4.78 is 58.8. The minimum atomic E-state index is -4.70. The van der Waals surface area contributed by atoms with Crippen LogP contribution in [0.5, 0.6) is 0 Å². The number of nitrogens with zero attached hydrogens (tertiary/aromatic N) is 2. The fourth-order valence-corrected chi connectivity index (χ4v) is 6.14. The van der Waals surface area contributed by atoms with E-state index in [9.17, 15) is 27.2 Å². The van der Waals surface area contributed by atoms with Gasteiger partial charge in [0.05, 0.1) is 16.7 Å². The van der Waals surface area contributed by atoms with Crippen LogP contribution in [-0.4, -0.2) is 54.0 Å². The predicted octanol–water partition coefficient (Wildman–Crippen LogP) is 4.48. The number of ether oxygens (including phenoxy) is 1. The van der Waals surface area contributed by atoms with E-state index in [2.05, 4.69) is 20.5 Å². The number of alkyl halides is 3. The summed E-state index contributed by atoms with van der Waals surface area (Å²) in [4.78, 5) is 32.0. The number of hydrogen-bond donors (Lipinski definition) is 2. The molecule has 0 spiro atoms. The highest BCUT2D eigenvalue weighted by atomic mass is 32.1. The van der Waals surface area contributed by atoms with E-state index < -0.39 is 23.0 Å². The van der Waals surface area contributed by atoms with E-state index in [1.165, 1.54) is 18.3 Å². The molecule has 12 heteroatoms. The Morgan fingerprint density at radius 3 is 2.59 bits per heavy atom. The Hall–Kier alpha value is -2.57. The fraction of sp³-hybridized carbons (Fsp3) is 0.560. The number of aromatic nitrogens is 1. The molecule has 2 atom stereocenters. The van der Waals surface area contributed by atoms with E-state index in [0.29, 0.717) is 49.0 Å². The summed E-state index contributed by atoms with van der Waals surface area (Å²) in [6.45, 7) is 2.48. The zero-order valence-electron chi connectivity index (χ0n) is 20.7. The van der Waals surface area contributed by atoms with Gasteiger partial charge in [0.15, 0.2) is 5.13 Å². The molecule has 2 aromatic rings. The van der Waals surface area contributed by atoms with Crippen LogP contribution in [0.3, 0.4) is 0 Å². The van der Waals surface area contributed by atoms with Gasteiger partial charge >= 0.3 is 6.18 Å². The molecule has 2 heterocycles. The molecule has 2 N–H and O–H groups in total. The first-order valence-corrected chi connectivity index (χ1v) is 13.0. The minimum Gasteiger partial charge on any atom is -0.381 e. The average molecular weight is 543 g/mol. The zero-order valence-corrected chi connectivity index (χ0v) is 21.5. The Balaban J connectivity index is 1.57. The second kappa shape index (κ2) is 11.0. The highest BCUT2D eigenvalue weighted by Gasteiger charge is 2.50. The van der Waals surface area contributed by atoms with Crippen LogP contribution in [0.1, 0.15) is 55.8 Å². The standard InChI is InChI=1S/C25H30F4N4O3S/c1-15(34)31-23-32-21(14-37-23)24(6-3-20(12-24)33(2)19-4-7-36-8-5-19)22(35)30-13-16-9-17(25(27,28)29)11-18(26)10-16/h9-11,14,19-20H,3-8,12-13H2,1-2H3,(H,30,35)(H,31,32,34). The van der Waals surface area contributed by atoms with Crippen molar-refractivity contribution in [1.29, 1.82) is 0 Å². The topological polar surface area (TPSA) is 83.6 Å². The van der Waals surface area contributed by atoms with Crippen molar-refractivity contribution in [2.24, 2.45) is 0 Å². The molecule has 1 aliphatic heterocycles. The zero-order chi connectivity index (χ0) is 26.8. The lowest BCUT2D eigenvalue weighted by atomic mass is 9.81. The molecule has 7 nitrogen and oxygen atoms in total. The molecule has 1 aromatic heterocycles. The van der Waals surface area contributed by atoms with E-state index in [-0.39, 0.29) is 30.0 Å². The van der Waals surface area contributed by atoms with E-state index >= 15 is 0 Å². The number of benzene rings is 1. The van der Waals surface area contributed by atoms with Gasteiger partial charge in [-0.25, -0.2) is 9.37 Å². The molecule has 2 fully saturated rings. The SMILES string of the molecule is CC(=O)Nc1nc(C2(C(=O)NCc3cc(F)cc(C(F)(F)F)c3)CCC(N(C)C3CCOCC3)C2)cs1. The fourth-order valence-electron chi connectivity index (χ4n) is 5.28. The Labute approximate surface area is 216 Å². The van der Waals surface area contributed by atoms with Gasteiger partial charge < -0.3 is 20.3 Å². The minimum absolute atomic E-state index is 0.0157. The van der Waals surface area contributed by atoms with Crippen LogP contribution in [0.15, 0.2) is 23.6 Å². The quantitative estimate of drug-likeness (QED) is 0.505. The first kappa shape index (κ1) is 27.5. The van der Waals surface area contributed by atoms with Gasteiger partial charge in [0.2, 0.25) is 11.8 Å². The summed E-state index contributed by atoms with van der Waals surface area (Å²) in [5.41, 5.74) is -1.61. The van der Waals surface area contributed by atoms with E-state index in [4.69, 9.17) is 4.74 Å². The summed E-state index contributed by atoms with van der Waals surface area (Å²) in [6, 6.07) is 2.67. The highest BCUT2D eigenvalue weighted by Crippen LogP contribution is 2.45. The smallest absolute Gasteiger partial charge is 0.381 e. The van der Waals surface area contributed by atoms with Crippen molar-refractivity contribution in [2.75, 3.05) is 25.6 Å². The van der Waals surface area contributed by atoms with Crippen molar-refractivity contribution in [2.45, 2.75) is 69.2 Å². The third-order valence-electron chi connectivity index (χ3n) is 7.28. The number of carbonyl (C=O) groups excluding carboxylic acids is 2. The van der Waals surface area contributed by atoms with Gasteiger partial charge in [-0.3, -0.25) is 9.59 Å². The van der Waals surface area contributed by atoms with Crippen LogP contribution in [0.2, 0.25) is 0 Å². The largest absolute Gasteiger partial charge is 0.416 e. The third kappa shape index (κ3) is 6.29. The maximum absolute atomic E-state index is 13.9. The monoisotopic (exact) mass is 542 g/mol. The number of thiazole rings is 1. The summed E-state index contributed by atoms with van der Waals surface area (Å²) in [5, 5.41) is 7.49. The molecule has 202 valence electrons. The molecule has 1 aromatic carbocycles. The van der Waals surface area contributed by atoms with Crippen molar-refractivity contribution in [3.05, 3.63) is 46.2 Å². The summed E-state index contributed by atoms with van der Waals surface area (Å²) in [5.74, 6) is -1.69. The molecule has 0 radical (unpaired) electrons. The lowest BCUT2D eigenvalue weighted by molar-refractivity contribution is -0.137. The molecule has 1 aliphatic carbocycles. The van der Waals surface area contributed by atoms with Gasteiger partial charge in [0.25, 0.3) is 0 Å². The van der Waals surface area contributed by atoms with E-state index in [0.717, 1.165) is 31.4 Å². The maximum Gasteiger partial charge on any atom is 0.416 e. The van der Waals surface area contributed by atoms with Crippen LogP contribution in [0, 0.1) is 5.82 Å². The van der Waals surface area contributed by atoms with Gasteiger partial charge in [0, 0.05) is 44.1 Å². The Morgan fingerprint density at radius 1 is 1.19 bits per heavy atom. The van der Waals surface area contributed by atoms with Crippen molar-refractivity contribution < 1.29 is 31.9 Å². The van der Waals surface area contributed by atoms with Crippen LogP contribution >= 0.6 is 11.3 Å². The molecular weight excluding hydrogens is 512 g/mol. The molecule has 1 saturated heterocycles. The highest BCUT2D eigenvalue weighted by molar-refractivity contribution is 7.14. The first-order chi connectivity index (χ1) is 17.5. The summed E-state index contributed by atoms with van der Waals surface area (Å²) in [7, 11) is 2.05. The molecule has 2 amide bonds. The van der Waals surface area contributed by atoms with Crippen LogP contribution in [-0.2, 0) is 32.5 Å². The Kier molecular flexibility index (Phi) is 8.20. The van der Waals surface area contributed by atoms with Gasteiger partial charge in [-0.1, -0.05) is 0 Å². The number of rotatable bonds is 7. The van der Waals surface area contributed by atoms with Crippen molar-refractivity contribution in [3.63, 3.8) is 0 Å². The molecule has 2 unspecified atom stereocenters. The van der Waals surface area contributed by atoms with Crippen LogP contribution < -0.4 is 10.6 Å². The van der Waals surface area contributed by atoms with E-state index in [1.54, 1.807) is 5.38 Å². The average Bonchev–Trinajstić information content (AvgIpc) is 3.50. The number of halogens is 4.